The van der Waals surface area contributed by atoms with E-state index in [0.717, 1.165) is 45.1 Å². The molecular weight excluding hydrogens is 324 g/mol. The number of amides is 1. The lowest BCUT2D eigenvalue weighted by Crippen LogP contribution is -2.48. The molecule has 26 heavy (non-hydrogen) atoms. The van der Waals surface area contributed by atoms with Crippen LogP contribution in [0.5, 0.6) is 0 Å². The fraction of sp³-hybridized carbons (Fsp3) is 0.619. The van der Waals surface area contributed by atoms with E-state index < -0.39 is 0 Å². The Bertz CT molecular complexity index is 630. The van der Waals surface area contributed by atoms with Crippen LogP contribution in [0, 0.1) is 11.8 Å². The van der Waals surface area contributed by atoms with E-state index >= 15 is 0 Å². The Morgan fingerprint density at radius 1 is 1.15 bits per heavy atom. The Morgan fingerprint density at radius 2 is 1.81 bits per heavy atom. The smallest absolute Gasteiger partial charge is 0.222 e. The SMILES string of the molecule is CN=C(NCc1ccc(CN2CCCC2=O)cc1)N1CC(C)CC(C)C1. The van der Waals surface area contributed by atoms with E-state index in [1.807, 2.05) is 11.9 Å². The van der Waals surface area contributed by atoms with E-state index in [4.69, 9.17) is 0 Å². The second-order valence-electron chi connectivity index (χ2n) is 7.99. The van der Waals surface area contributed by atoms with Gasteiger partial charge in [-0.15, -0.1) is 0 Å². The third-order valence-electron chi connectivity index (χ3n) is 5.40. The molecule has 1 N–H and O–H groups in total. The minimum Gasteiger partial charge on any atom is -0.352 e. The van der Waals surface area contributed by atoms with E-state index in [0.29, 0.717) is 18.3 Å². The molecule has 3 rings (SSSR count). The van der Waals surface area contributed by atoms with Crippen LogP contribution in [0.25, 0.3) is 0 Å². The molecule has 0 bridgehead atoms. The van der Waals surface area contributed by atoms with Crippen molar-refractivity contribution < 1.29 is 4.79 Å². The molecule has 2 aliphatic heterocycles. The van der Waals surface area contributed by atoms with Crippen LogP contribution in [0.15, 0.2) is 29.3 Å². The Kier molecular flexibility index (Phi) is 6.17. The zero-order valence-electron chi connectivity index (χ0n) is 16.4. The molecule has 0 saturated carbocycles. The minimum atomic E-state index is 0.282. The topological polar surface area (TPSA) is 47.9 Å². The summed E-state index contributed by atoms with van der Waals surface area (Å²) in [5.41, 5.74) is 2.44. The quantitative estimate of drug-likeness (QED) is 0.667. The van der Waals surface area contributed by atoms with Gasteiger partial charge in [0.15, 0.2) is 5.96 Å². The highest BCUT2D eigenvalue weighted by atomic mass is 16.2. The fourth-order valence-electron chi connectivity index (χ4n) is 4.20. The third kappa shape index (κ3) is 4.77. The largest absolute Gasteiger partial charge is 0.352 e. The number of rotatable bonds is 4. The maximum absolute atomic E-state index is 11.8. The number of likely N-dealkylation sites (tertiary alicyclic amines) is 2. The molecule has 2 heterocycles. The Hall–Kier alpha value is -2.04. The van der Waals surface area contributed by atoms with Gasteiger partial charge in [0.25, 0.3) is 0 Å². The summed E-state index contributed by atoms with van der Waals surface area (Å²) in [6.45, 7) is 9.19. The molecule has 0 aliphatic carbocycles. The number of guanidine groups is 1. The van der Waals surface area contributed by atoms with Gasteiger partial charge in [0, 0.05) is 46.2 Å². The first-order valence-electron chi connectivity index (χ1n) is 9.86. The monoisotopic (exact) mass is 356 g/mol. The number of piperidine rings is 1. The molecule has 1 amide bonds. The first-order valence-corrected chi connectivity index (χ1v) is 9.86. The number of hydrogen-bond donors (Lipinski definition) is 1. The summed E-state index contributed by atoms with van der Waals surface area (Å²) in [5.74, 6) is 2.70. The van der Waals surface area contributed by atoms with Gasteiger partial charge in [-0.2, -0.15) is 0 Å². The summed E-state index contributed by atoms with van der Waals surface area (Å²) in [7, 11) is 1.86. The predicted octanol–water partition coefficient (Wildman–Crippen LogP) is 2.86. The highest BCUT2D eigenvalue weighted by molar-refractivity contribution is 5.80. The molecule has 5 nitrogen and oxygen atoms in total. The lowest BCUT2D eigenvalue weighted by Gasteiger charge is -2.37. The fourth-order valence-corrected chi connectivity index (χ4v) is 4.20. The van der Waals surface area contributed by atoms with Crippen LogP contribution in [-0.2, 0) is 17.9 Å². The van der Waals surface area contributed by atoms with Crippen molar-refractivity contribution in [1.82, 2.24) is 15.1 Å². The van der Waals surface area contributed by atoms with Gasteiger partial charge in [-0.25, -0.2) is 0 Å². The van der Waals surface area contributed by atoms with Crippen LogP contribution in [0.4, 0.5) is 0 Å². The van der Waals surface area contributed by atoms with Crippen LogP contribution < -0.4 is 5.32 Å². The third-order valence-corrected chi connectivity index (χ3v) is 5.40. The first-order chi connectivity index (χ1) is 12.5. The number of aliphatic imine (C=N–C) groups is 1. The predicted molar refractivity (Wildman–Crippen MR) is 106 cm³/mol. The van der Waals surface area contributed by atoms with Gasteiger partial charge in [-0.1, -0.05) is 38.1 Å². The van der Waals surface area contributed by atoms with Gasteiger partial charge in [0.1, 0.15) is 0 Å². The Morgan fingerprint density at radius 3 is 2.38 bits per heavy atom. The molecule has 2 saturated heterocycles. The van der Waals surface area contributed by atoms with Crippen molar-refractivity contribution >= 4 is 11.9 Å². The normalized spacial score (nSPS) is 24.3. The van der Waals surface area contributed by atoms with Crippen molar-refractivity contribution in [3.8, 4) is 0 Å². The highest BCUT2D eigenvalue weighted by Crippen LogP contribution is 2.21. The molecule has 0 spiro atoms. The zero-order valence-corrected chi connectivity index (χ0v) is 16.4. The Labute approximate surface area is 157 Å². The summed E-state index contributed by atoms with van der Waals surface area (Å²) >= 11 is 0. The molecule has 2 unspecified atom stereocenters. The van der Waals surface area contributed by atoms with Crippen LogP contribution in [0.3, 0.4) is 0 Å². The molecule has 1 aromatic rings. The van der Waals surface area contributed by atoms with Crippen molar-refractivity contribution in [2.24, 2.45) is 16.8 Å². The summed E-state index contributed by atoms with van der Waals surface area (Å²) in [6.07, 6.45) is 3.00. The minimum absolute atomic E-state index is 0.282. The van der Waals surface area contributed by atoms with E-state index in [2.05, 4.69) is 53.3 Å². The summed E-state index contributed by atoms with van der Waals surface area (Å²) in [4.78, 5) is 20.6. The summed E-state index contributed by atoms with van der Waals surface area (Å²) in [5, 5.41) is 3.51. The number of benzene rings is 1. The molecule has 5 heteroatoms. The van der Waals surface area contributed by atoms with E-state index in [1.165, 1.54) is 17.5 Å². The summed E-state index contributed by atoms with van der Waals surface area (Å²) in [6, 6.07) is 8.57. The van der Waals surface area contributed by atoms with E-state index in [1.54, 1.807) is 0 Å². The van der Waals surface area contributed by atoms with Crippen molar-refractivity contribution in [3.05, 3.63) is 35.4 Å². The lowest BCUT2D eigenvalue weighted by molar-refractivity contribution is -0.128. The number of hydrogen-bond acceptors (Lipinski definition) is 2. The number of carbonyl (C=O) groups excluding carboxylic acids is 1. The average molecular weight is 357 g/mol. The molecular formula is C21H32N4O. The second-order valence-corrected chi connectivity index (χ2v) is 7.99. The van der Waals surface area contributed by atoms with Crippen molar-refractivity contribution in [2.45, 2.75) is 46.2 Å². The highest BCUT2D eigenvalue weighted by Gasteiger charge is 2.24. The molecule has 1 aromatic carbocycles. The van der Waals surface area contributed by atoms with Gasteiger partial charge in [-0.05, 0) is 35.8 Å². The molecule has 142 valence electrons. The second kappa shape index (κ2) is 8.56. The van der Waals surface area contributed by atoms with E-state index in [9.17, 15) is 4.79 Å². The van der Waals surface area contributed by atoms with Gasteiger partial charge < -0.3 is 15.1 Å². The Balaban J connectivity index is 1.52. The van der Waals surface area contributed by atoms with Gasteiger partial charge >= 0.3 is 0 Å². The molecule has 0 aromatic heterocycles. The van der Waals surface area contributed by atoms with Crippen molar-refractivity contribution in [3.63, 3.8) is 0 Å². The summed E-state index contributed by atoms with van der Waals surface area (Å²) < 4.78 is 0. The number of nitrogens with zero attached hydrogens (tertiary/aromatic N) is 3. The van der Waals surface area contributed by atoms with Gasteiger partial charge in [0.05, 0.1) is 0 Å². The van der Waals surface area contributed by atoms with Crippen LogP contribution in [-0.4, -0.2) is 48.3 Å². The van der Waals surface area contributed by atoms with Gasteiger partial charge in [-0.3, -0.25) is 9.79 Å². The van der Waals surface area contributed by atoms with Crippen LogP contribution in [0.2, 0.25) is 0 Å². The zero-order chi connectivity index (χ0) is 18.5. The van der Waals surface area contributed by atoms with Crippen molar-refractivity contribution in [1.29, 1.82) is 0 Å². The number of carbonyl (C=O) groups is 1. The molecule has 2 aliphatic rings. The average Bonchev–Trinajstić information content (AvgIpc) is 3.01. The maximum atomic E-state index is 11.8. The molecule has 2 atom stereocenters. The first kappa shape index (κ1) is 18.7. The maximum Gasteiger partial charge on any atom is 0.222 e. The van der Waals surface area contributed by atoms with Gasteiger partial charge in [0.2, 0.25) is 5.91 Å². The standard InChI is InChI=1S/C21H32N4O/c1-16-11-17(2)14-25(13-16)21(22-3)23-12-18-6-8-19(9-7-18)15-24-10-4-5-20(24)26/h6-9,16-17H,4-5,10-15H2,1-3H3,(H,22,23). The van der Waals surface area contributed by atoms with Crippen molar-refractivity contribution in [2.75, 3.05) is 26.7 Å². The van der Waals surface area contributed by atoms with Crippen LogP contribution in [0.1, 0.15) is 44.2 Å². The van der Waals surface area contributed by atoms with E-state index in [-0.39, 0.29) is 5.91 Å². The lowest BCUT2D eigenvalue weighted by atomic mass is 9.92. The molecule has 0 radical (unpaired) electrons. The number of nitrogens with one attached hydrogen (secondary N) is 1. The van der Waals surface area contributed by atoms with Crippen LogP contribution >= 0.6 is 0 Å². The molecule has 2 fully saturated rings.